The Balaban J connectivity index is 1.39. The molecule has 2 aromatic carbocycles. The fraction of sp³-hybridized carbons (Fsp3) is 0.304. The maximum Gasteiger partial charge on any atom is 0.417 e. The van der Waals surface area contributed by atoms with Gasteiger partial charge in [-0.2, -0.15) is 17.5 Å². The first-order chi connectivity index (χ1) is 16.6. The maximum absolute atomic E-state index is 13.3. The van der Waals surface area contributed by atoms with Crippen molar-refractivity contribution in [3.63, 3.8) is 0 Å². The molecule has 0 spiro atoms. The zero-order valence-corrected chi connectivity index (χ0v) is 20.2. The molecule has 1 aliphatic rings. The third kappa shape index (κ3) is 5.49. The van der Waals surface area contributed by atoms with Crippen molar-refractivity contribution in [2.45, 2.75) is 23.9 Å². The van der Waals surface area contributed by atoms with Gasteiger partial charge in [-0.3, -0.25) is 4.79 Å². The van der Waals surface area contributed by atoms with Crippen molar-refractivity contribution in [3.8, 4) is 17.0 Å². The average molecular weight is 526 g/mol. The molecule has 4 rings (SSSR count). The van der Waals surface area contributed by atoms with Gasteiger partial charge >= 0.3 is 6.18 Å². The van der Waals surface area contributed by atoms with E-state index in [1.807, 2.05) is 29.6 Å². The lowest BCUT2D eigenvalue weighted by Gasteiger charge is -2.31. The van der Waals surface area contributed by atoms with E-state index in [-0.39, 0.29) is 31.8 Å². The largest absolute Gasteiger partial charge is 0.497 e. The molecule has 2 heterocycles. The third-order valence-electron chi connectivity index (χ3n) is 5.76. The van der Waals surface area contributed by atoms with Crippen LogP contribution in [0.15, 0.2) is 58.8 Å². The second-order valence-corrected chi connectivity index (χ2v) is 10.7. The van der Waals surface area contributed by atoms with Gasteiger partial charge in [0.15, 0.2) is 5.13 Å². The Hall–Kier alpha value is -2.96. The lowest BCUT2D eigenvalue weighted by molar-refractivity contribution is -0.139. The third-order valence-corrected chi connectivity index (χ3v) is 8.47. The van der Waals surface area contributed by atoms with Crippen LogP contribution in [0.4, 0.5) is 18.3 Å². The summed E-state index contributed by atoms with van der Waals surface area (Å²) in [7, 11) is -2.78. The molecule has 0 saturated carbocycles. The van der Waals surface area contributed by atoms with E-state index in [0.717, 1.165) is 28.1 Å². The fourth-order valence-electron chi connectivity index (χ4n) is 3.86. The number of benzene rings is 2. The maximum atomic E-state index is 13.3. The molecule has 0 unspecified atom stereocenters. The van der Waals surface area contributed by atoms with Crippen molar-refractivity contribution in [2.24, 2.45) is 5.92 Å². The monoisotopic (exact) mass is 525 g/mol. The topological polar surface area (TPSA) is 88.6 Å². The smallest absolute Gasteiger partial charge is 0.417 e. The summed E-state index contributed by atoms with van der Waals surface area (Å²) in [5, 5.41) is 4.99. The Morgan fingerprint density at radius 2 is 1.77 bits per heavy atom. The molecule has 1 aliphatic heterocycles. The van der Waals surface area contributed by atoms with Crippen LogP contribution < -0.4 is 10.1 Å². The predicted octanol–water partition coefficient (Wildman–Crippen LogP) is 4.88. The van der Waals surface area contributed by atoms with E-state index >= 15 is 0 Å². The van der Waals surface area contributed by atoms with E-state index in [1.165, 1.54) is 17.4 Å². The van der Waals surface area contributed by atoms with Crippen LogP contribution >= 0.6 is 11.3 Å². The van der Waals surface area contributed by atoms with Crippen molar-refractivity contribution in [3.05, 3.63) is 59.5 Å². The van der Waals surface area contributed by atoms with Gasteiger partial charge in [-0.1, -0.05) is 12.1 Å². The van der Waals surface area contributed by atoms with E-state index < -0.39 is 32.6 Å². The zero-order valence-electron chi connectivity index (χ0n) is 18.6. The predicted molar refractivity (Wildman–Crippen MR) is 126 cm³/mol. The second kappa shape index (κ2) is 9.96. The molecular weight excluding hydrogens is 503 g/mol. The summed E-state index contributed by atoms with van der Waals surface area (Å²) in [6.45, 7) is -0.108. The highest BCUT2D eigenvalue weighted by atomic mass is 32.2. The van der Waals surface area contributed by atoms with Crippen LogP contribution in [0, 0.1) is 5.92 Å². The molecule has 0 radical (unpaired) electrons. The Bertz CT molecular complexity index is 1300. The summed E-state index contributed by atoms with van der Waals surface area (Å²) < 4.78 is 71.9. The molecule has 7 nitrogen and oxygen atoms in total. The Morgan fingerprint density at radius 3 is 2.40 bits per heavy atom. The molecule has 0 aliphatic carbocycles. The number of ether oxygens (including phenoxy) is 1. The number of nitrogens with zero attached hydrogens (tertiary/aromatic N) is 2. The summed E-state index contributed by atoms with van der Waals surface area (Å²) in [4.78, 5) is 16.4. The highest BCUT2D eigenvalue weighted by molar-refractivity contribution is 7.89. The first-order valence-electron chi connectivity index (χ1n) is 10.7. The quantitative estimate of drug-likeness (QED) is 0.496. The van der Waals surface area contributed by atoms with Gasteiger partial charge in [-0.25, -0.2) is 13.4 Å². The number of aromatic nitrogens is 1. The molecule has 186 valence electrons. The first kappa shape index (κ1) is 25.1. The van der Waals surface area contributed by atoms with Gasteiger partial charge in [0, 0.05) is 30.0 Å². The molecule has 1 aromatic heterocycles. The number of hydrogen-bond acceptors (Lipinski definition) is 6. The minimum Gasteiger partial charge on any atom is -0.497 e. The van der Waals surface area contributed by atoms with Gasteiger partial charge in [0.1, 0.15) is 5.75 Å². The molecule has 12 heteroatoms. The fourth-order valence-corrected chi connectivity index (χ4v) is 6.26. The summed E-state index contributed by atoms with van der Waals surface area (Å²) in [5.74, 6) is -0.0613. The number of halogens is 3. The van der Waals surface area contributed by atoms with Crippen LogP contribution in [0.1, 0.15) is 18.4 Å². The van der Waals surface area contributed by atoms with E-state index in [4.69, 9.17) is 4.74 Å². The van der Waals surface area contributed by atoms with Crippen LogP contribution in [0.2, 0.25) is 0 Å². The van der Waals surface area contributed by atoms with Crippen molar-refractivity contribution in [1.29, 1.82) is 0 Å². The number of thiazole rings is 1. The molecule has 0 atom stereocenters. The lowest BCUT2D eigenvalue weighted by atomic mass is 9.97. The standard InChI is InChI=1S/C23H22F3N3O4S2/c1-33-17-8-6-15(7-9-17)19-14-34-22(27-19)28-21(30)16-10-12-29(13-11-16)35(31,32)20-5-3-2-4-18(20)23(24,25)26/h2-9,14,16H,10-13H2,1H3,(H,27,28,30). The van der Waals surface area contributed by atoms with E-state index in [9.17, 15) is 26.4 Å². The number of amides is 1. The Labute approximate surface area is 204 Å². The van der Waals surface area contributed by atoms with Crippen LogP contribution in [0.5, 0.6) is 5.75 Å². The number of hydrogen-bond donors (Lipinski definition) is 1. The van der Waals surface area contributed by atoms with Crippen LogP contribution in [-0.4, -0.2) is 43.8 Å². The highest BCUT2D eigenvalue weighted by Gasteiger charge is 2.40. The van der Waals surface area contributed by atoms with E-state index in [0.29, 0.717) is 16.6 Å². The molecule has 1 fully saturated rings. The molecule has 1 saturated heterocycles. The number of sulfonamides is 1. The van der Waals surface area contributed by atoms with Crippen LogP contribution in [0.3, 0.4) is 0 Å². The summed E-state index contributed by atoms with van der Waals surface area (Å²) in [6.07, 6.45) is -4.41. The number of alkyl halides is 3. The van der Waals surface area contributed by atoms with Gasteiger partial charge < -0.3 is 10.1 Å². The van der Waals surface area contributed by atoms with Crippen molar-refractivity contribution in [1.82, 2.24) is 9.29 Å². The normalized spacial score (nSPS) is 15.7. The number of piperidine rings is 1. The van der Waals surface area contributed by atoms with Gasteiger partial charge in [-0.05, 0) is 49.2 Å². The highest BCUT2D eigenvalue weighted by Crippen LogP contribution is 2.36. The molecule has 1 N–H and O–H groups in total. The minimum absolute atomic E-state index is 0.0540. The molecule has 35 heavy (non-hydrogen) atoms. The van der Waals surface area contributed by atoms with Gasteiger partial charge in [0.05, 0.1) is 23.3 Å². The Kier molecular flexibility index (Phi) is 7.15. The summed E-state index contributed by atoms with van der Waals surface area (Å²) in [5.41, 5.74) is 0.355. The van der Waals surface area contributed by atoms with Crippen molar-refractivity contribution in [2.75, 3.05) is 25.5 Å². The SMILES string of the molecule is COc1ccc(-c2csc(NC(=O)C3CCN(S(=O)(=O)c4ccccc4C(F)(F)F)CC3)n2)cc1. The molecular formula is C23H22F3N3O4S2. The van der Waals surface area contributed by atoms with E-state index in [2.05, 4.69) is 10.3 Å². The first-order valence-corrected chi connectivity index (χ1v) is 13.0. The molecule has 0 bridgehead atoms. The van der Waals surface area contributed by atoms with Crippen LogP contribution in [-0.2, 0) is 21.0 Å². The second-order valence-electron chi connectivity index (χ2n) is 7.93. The number of methoxy groups -OCH3 is 1. The van der Waals surface area contributed by atoms with Crippen molar-refractivity contribution < 1.29 is 31.1 Å². The average Bonchev–Trinajstić information content (AvgIpc) is 3.32. The van der Waals surface area contributed by atoms with Crippen molar-refractivity contribution >= 4 is 32.4 Å². The lowest BCUT2D eigenvalue weighted by Crippen LogP contribution is -2.41. The summed E-state index contributed by atoms with van der Waals surface area (Å²) in [6, 6.07) is 11.4. The number of carbonyl (C=O) groups is 1. The van der Waals surface area contributed by atoms with E-state index in [1.54, 1.807) is 7.11 Å². The van der Waals surface area contributed by atoms with Gasteiger partial charge in [0.25, 0.3) is 0 Å². The Morgan fingerprint density at radius 1 is 1.11 bits per heavy atom. The number of nitrogens with one attached hydrogen (secondary N) is 1. The summed E-state index contributed by atoms with van der Waals surface area (Å²) >= 11 is 1.27. The zero-order chi connectivity index (χ0) is 25.2. The number of anilines is 1. The minimum atomic E-state index is -4.79. The molecule has 1 amide bonds. The number of rotatable bonds is 6. The van der Waals surface area contributed by atoms with Gasteiger partial charge in [-0.15, -0.1) is 11.3 Å². The number of carbonyl (C=O) groups excluding carboxylic acids is 1. The van der Waals surface area contributed by atoms with Crippen LogP contribution in [0.25, 0.3) is 11.3 Å². The van der Waals surface area contributed by atoms with Gasteiger partial charge in [0.2, 0.25) is 15.9 Å². The molecule has 3 aromatic rings.